The predicted octanol–water partition coefficient (Wildman–Crippen LogP) is 3.13. The molecule has 0 bridgehead atoms. The molecule has 10 heteroatoms. The van der Waals surface area contributed by atoms with Gasteiger partial charge < -0.3 is 19.1 Å². The number of carbonyl (C=O) groups is 1. The van der Waals surface area contributed by atoms with Crippen LogP contribution < -0.4 is 9.64 Å². The lowest BCUT2D eigenvalue weighted by atomic mass is 10.1. The van der Waals surface area contributed by atoms with Crippen LogP contribution in [0.5, 0.6) is 5.75 Å². The van der Waals surface area contributed by atoms with Gasteiger partial charge in [0, 0.05) is 50.2 Å². The maximum absolute atomic E-state index is 12.7. The number of rotatable bonds is 4. The van der Waals surface area contributed by atoms with Crippen molar-refractivity contribution in [2.75, 3.05) is 31.1 Å². The van der Waals surface area contributed by atoms with E-state index in [0.717, 1.165) is 23.8 Å². The zero-order valence-corrected chi connectivity index (χ0v) is 15.8. The lowest BCUT2D eigenvalue weighted by molar-refractivity contribution is -0.274. The van der Waals surface area contributed by atoms with Crippen LogP contribution in [0.3, 0.4) is 0 Å². The number of piperazine rings is 1. The fourth-order valence-corrected chi connectivity index (χ4v) is 3.26. The van der Waals surface area contributed by atoms with Gasteiger partial charge in [-0.15, -0.1) is 13.2 Å². The van der Waals surface area contributed by atoms with Crippen LogP contribution in [-0.4, -0.2) is 57.9 Å². The van der Waals surface area contributed by atoms with Gasteiger partial charge in [-0.2, -0.15) is 0 Å². The van der Waals surface area contributed by atoms with E-state index in [0.29, 0.717) is 31.7 Å². The summed E-state index contributed by atoms with van der Waals surface area (Å²) in [4.78, 5) is 25.0. The number of anilines is 1. The van der Waals surface area contributed by atoms with Gasteiger partial charge in [-0.25, -0.2) is 9.97 Å². The van der Waals surface area contributed by atoms with Crippen LogP contribution in [0.25, 0.3) is 5.82 Å². The first-order valence-electron chi connectivity index (χ1n) is 9.24. The Labute approximate surface area is 170 Å². The molecule has 0 atom stereocenters. The number of ether oxygens (including phenoxy) is 1. The van der Waals surface area contributed by atoms with E-state index in [1.165, 1.54) is 18.5 Å². The Bertz CT molecular complexity index is 998. The SMILES string of the molecule is O=C(c1ccc(OC(F)(F)F)cc1)N1CCN(c2cc(-n3cccc3)ncn2)CC1. The molecule has 0 aliphatic carbocycles. The number of halogens is 3. The van der Waals surface area contributed by atoms with Crippen LogP contribution in [0.2, 0.25) is 0 Å². The topological polar surface area (TPSA) is 63.5 Å². The summed E-state index contributed by atoms with van der Waals surface area (Å²) < 4.78 is 42.5. The Balaban J connectivity index is 1.37. The number of hydrogen-bond acceptors (Lipinski definition) is 5. The maximum Gasteiger partial charge on any atom is 0.573 e. The molecule has 3 aromatic rings. The summed E-state index contributed by atoms with van der Waals surface area (Å²) in [7, 11) is 0. The molecule has 1 aromatic carbocycles. The van der Waals surface area contributed by atoms with Crippen molar-refractivity contribution in [3.8, 4) is 11.6 Å². The van der Waals surface area contributed by atoms with Gasteiger partial charge in [-0.3, -0.25) is 4.79 Å². The van der Waals surface area contributed by atoms with Crippen LogP contribution in [0.15, 0.2) is 61.2 Å². The molecule has 0 saturated carbocycles. The summed E-state index contributed by atoms with van der Waals surface area (Å²) in [6, 6.07) is 10.7. The van der Waals surface area contributed by atoms with Crippen LogP contribution in [-0.2, 0) is 0 Å². The first-order chi connectivity index (χ1) is 14.4. The molecule has 1 aliphatic heterocycles. The summed E-state index contributed by atoms with van der Waals surface area (Å²) in [6.07, 6.45) is 0.540. The molecule has 1 amide bonds. The number of nitrogens with zero attached hydrogens (tertiary/aromatic N) is 5. The van der Waals surface area contributed by atoms with E-state index >= 15 is 0 Å². The molecule has 0 N–H and O–H groups in total. The van der Waals surface area contributed by atoms with Crippen LogP contribution in [0.4, 0.5) is 19.0 Å². The van der Waals surface area contributed by atoms with Gasteiger partial charge in [0.25, 0.3) is 5.91 Å². The molecule has 30 heavy (non-hydrogen) atoms. The first kappa shape index (κ1) is 19.7. The van der Waals surface area contributed by atoms with Crippen molar-refractivity contribution in [1.82, 2.24) is 19.4 Å². The number of hydrogen-bond donors (Lipinski definition) is 0. The Hall–Kier alpha value is -3.56. The van der Waals surface area contributed by atoms with Crippen molar-refractivity contribution in [2.24, 2.45) is 0 Å². The molecule has 3 heterocycles. The smallest absolute Gasteiger partial charge is 0.406 e. The average molecular weight is 417 g/mol. The number of aromatic nitrogens is 3. The lowest BCUT2D eigenvalue weighted by Gasteiger charge is -2.35. The normalized spacial score (nSPS) is 14.6. The standard InChI is InChI=1S/C20H18F3N5O2/c21-20(22,23)30-16-5-3-15(4-6-16)19(29)28-11-9-27(10-12-28)18-13-17(24-14-25-18)26-7-1-2-8-26/h1-8,13-14H,9-12H2. The summed E-state index contributed by atoms with van der Waals surface area (Å²) in [5.74, 6) is 0.939. The Morgan fingerprint density at radius 3 is 2.20 bits per heavy atom. The molecule has 1 fully saturated rings. The molecular formula is C20H18F3N5O2. The Morgan fingerprint density at radius 1 is 0.933 bits per heavy atom. The number of benzene rings is 1. The Kier molecular flexibility index (Phi) is 5.30. The van der Waals surface area contributed by atoms with E-state index in [1.54, 1.807) is 4.90 Å². The van der Waals surface area contributed by atoms with Crippen molar-refractivity contribution in [2.45, 2.75) is 6.36 Å². The third kappa shape index (κ3) is 4.53. The van der Waals surface area contributed by atoms with E-state index < -0.39 is 6.36 Å². The van der Waals surface area contributed by atoms with Crippen molar-refractivity contribution in [1.29, 1.82) is 0 Å². The highest BCUT2D eigenvalue weighted by Gasteiger charge is 2.31. The van der Waals surface area contributed by atoms with E-state index in [4.69, 9.17) is 0 Å². The average Bonchev–Trinajstić information content (AvgIpc) is 3.28. The van der Waals surface area contributed by atoms with Crippen LogP contribution >= 0.6 is 0 Å². The molecular weight excluding hydrogens is 399 g/mol. The zero-order valence-electron chi connectivity index (χ0n) is 15.8. The van der Waals surface area contributed by atoms with E-state index in [-0.39, 0.29) is 11.7 Å². The molecule has 4 rings (SSSR count). The molecule has 0 spiro atoms. The molecule has 0 radical (unpaired) electrons. The highest BCUT2D eigenvalue weighted by molar-refractivity contribution is 5.94. The number of amides is 1. The predicted molar refractivity (Wildman–Crippen MR) is 103 cm³/mol. The van der Waals surface area contributed by atoms with Gasteiger partial charge in [0.1, 0.15) is 23.7 Å². The second kappa shape index (κ2) is 8.05. The van der Waals surface area contributed by atoms with E-state index in [1.807, 2.05) is 35.2 Å². The Morgan fingerprint density at radius 2 is 1.57 bits per heavy atom. The highest BCUT2D eigenvalue weighted by atomic mass is 19.4. The fraction of sp³-hybridized carbons (Fsp3) is 0.250. The number of alkyl halides is 3. The molecule has 2 aromatic heterocycles. The molecule has 156 valence electrons. The van der Waals surface area contributed by atoms with Gasteiger partial charge in [-0.1, -0.05) is 0 Å². The second-order valence-corrected chi connectivity index (χ2v) is 6.68. The van der Waals surface area contributed by atoms with Crippen molar-refractivity contribution < 1.29 is 22.7 Å². The van der Waals surface area contributed by atoms with Crippen molar-refractivity contribution >= 4 is 11.7 Å². The third-order valence-corrected chi connectivity index (χ3v) is 4.73. The molecule has 7 nitrogen and oxygen atoms in total. The monoisotopic (exact) mass is 417 g/mol. The second-order valence-electron chi connectivity index (χ2n) is 6.68. The maximum atomic E-state index is 12.7. The number of carbonyl (C=O) groups excluding carboxylic acids is 1. The summed E-state index contributed by atoms with van der Waals surface area (Å²) in [5.41, 5.74) is 0.315. The third-order valence-electron chi connectivity index (χ3n) is 4.73. The largest absolute Gasteiger partial charge is 0.573 e. The zero-order chi connectivity index (χ0) is 21.1. The molecule has 0 unspecified atom stereocenters. The van der Waals surface area contributed by atoms with Gasteiger partial charge >= 0.3 is 6.36 Å². The van der Waals surface area contributed by atoms with Crippen molar-refractivity contribution in [3.05, 3.63) is 66.7 Å². The van der Waals surface area contributed by atoms with E-state index in [9.17, 15) is 18.0 Å². The van der Waals surface area contributed by atoms with Gasteiger partial charge in [0.15, 0.2) is 0 Å². The van der Waals surface area contributed by atoms with Gasteiger partial charge in [0.05, 0.1) is 0 Å². The fourth-order valence-electron chi connectivity index (χ4n) is 3.26. The summed E-state index contributed by atoms with van der Waals surface area (Å²) in [5, 5.41) is 0. The first-order valence-corrected chi connectivity index (χ1v) is 9.24. The molecule has 1 aliphatic rings. The van der Waals surface area contributed by atoms with Crippen LogP contribution in [0.1, 0.15) is 10.4 Å². The summed E-state index contributed by atoms with van der Waals surface area (Å²) in [6.45, 7) is 2.12. The lowest BCUT2D eigenvalue weighted by Crippen LogP contribution is -2.49. The highest BCUT2D eigenvalue weighted by Crippen LogP contribution is 2.23. The van der Waals surface area contributed by atoms with E-state index in [2.05, 4.69) is 19.6 Å². The van der Waals surface area contributed by atoms with Crippen molar-refractivity contribution in [3.63, 3.8) is 0 Å². The van der Waals surface area contributed by atoms with Gasteiger partial charge in [-0.05, 0) is 36.4 Å². The van der Waals surface area contributed by atoms with Gasteiger partial charge in [0.2, 0.25) is 0 Å². The van der Waals surface area contributed by atoms with Crippen LogP contribution in [0, 0.1) is 0 Å². The minimum Gasteiger partial charge on any atom is -0.406 e. The quantitative estimate of drug-likeness (QED) is 0.653. The molecule has 1 saturated heterocycles. The minimum absolute atomic E-state index is 0.232. The summed E-state index contributed by atoms with van der Waals surface area (Å²) >= 11 is 0. The minimum atomic E-state index is -4.76.